The van der Waals surface area contributed by atoms with Gasteiger partial charge in [0.15, 0.2) is 23.0 Å². The molecule has 1 fully saturated rings. The van der Waals surface area contributed by atoms with Gasteiger partial charge in [0.25, 0.3) is 5.91 Å². The summed E-state index contributed by atoms with van der Waals surface area (Å²) >= 11 is 0. The molecule has 0 bridgehead atoms. The fraction of sp³-hybridized carbons (Fsp3) is 0.400. The van der Waals surface area contributed by atoms with Crippen molar-refractivity contribution in [2.45, 2.75) is 32.9 Å². The standard InChI is InChI=1S/C20H23N7O5S/c1-13-3-5-15(6-4-13)20-22-25-26(24-20)10-19(29)32-11-18(28)21-17-9-14(2)23-27(17)16-7-8-33(30,31)12-16/h3-6,9,16H,7-8,10-12H2,1-2H3,(H,21,28). The van der Waals surface area contributed by atoms with Gasteiger partial charge >= 0.3 is 5.97 Å². The number of hydrogen-bond acceptors (Lipinski definition) is 9. The first kappa shape index (κ1) is 22.6. The van der Waals surface area contributed by atoms with Crippen molar-refractivity contribution in [3.63, 3.8) is 0 Å². The molecule has 0 radical (unpaired) electrons. The van der Waals surface area contributed by atoms with Crippen molar-refractivity contribution in [3.05, 3.63) is 41.6 Å². The van der Waals surface area contributed by atoms with Crippen molar-refractivity contribution < 1.29 is 22.7 Å². The molecule has 1 amide bonds. The quantitative estimate of drug-likeness (QED) is 0.489. The molecule has 3 aromatic rings. The van der Waals surface area contributed by atoms with Gasteiger partial charge in [0.2, 0.25) is 5.82 Å². The number of rotatable bonds is 7. The van der Waals surface area contributed by atoms with Crippen molar-refractivity contribution in [1.82, 2.24) is 30.0 Å². The number of nitrogens with one attached hydrogen (secondary N) is 1. The molecule has 12 nitrogen and oxygen atoms in total. The number of carbonyl (C=O) groups excluding carboxylic acids is 2. The van der Waals surface area contributed by atoms with Crippen molar-refractivity contribution in [2.24, 2.45) is 0 Å². The summed E-state index contributed by atoms with van der Waals surface area (Å²) in [7, 11) is -3.11. The Balaban J connectivity index is 1.30. The van der Waals surface area contributed by atoms with Gasteiger partial charge < -0.3 is 10.1 Å². The highest BCUT2D eigenvalue weighted by atomic mass is 32.2. The molecule has 1 atom stereocenters. The lowest BCUT2D eigenvalue weighted by Gasteiger charge is -2.13. The minimum Gasteiger partial charge on any atom is -0.454 e. The summed E-state index contributed by atoms with van der Waals surface area (Å²) in [6.07, 6.45) is 0.427. The van der Waals surface area contributed by atoms with Crippen molar-refractivity contribution in [2.75, 3.05) is 23.4 Å². The van der Waals surface area contributed by atoms with Crippen LogP contribution in [0.1, 0.15) is 23.7 Å². The average Bonchev–Trinajstić information content (AvgIpc) is 3.46. The van der Waals surface area contributed by atoms with Crippen LogP contribution in [0.5, 0.6) is 0 Å². The van der Waals surface area contributed by atoms with E-state index in [0.717, 1.165) is 15.9 Å². The number of esters is 1. The smallest absolute Gasteiger partial charge is 0.330 e. The van der Waals surface area contributed by atoms with Gasteiger partial charge in [-0.1, -0.05) is 29.8 Å². The second-order valence-electron chi connectivity index (χ2n) is 7.89. The van der Waals surface area contributed by atoms with Crippen LogP contribution in [0.2, 0.25) is 0 Å². The molecule has 1 aliphatic rings. The van der Waals surface area contributed by atoms with Crippen molar-refractivity contribution in [1.29, 1.82) is 0 Å². The van der Waals surface area contributed by atoms with Crippen LogP contribution in [0.15, 0.2) is 30.3 Å². The number of aromatic nitrogens is 6. The molecule has 1 aromatic carbocycles. The summed E-state index contributed by atoms with van der Waals surface area (Å²) in [4.78, 5) is 25.5. The SMILES string of the molecule is Cc1ccc(-c2nnn(CC(=O)OCC(=O)Nc3cc(C)nn3C3CCS(=O)(=O)C3)n2)cc1. The van der Waals surface area contributed by atoms with E-state index in [2.05, 4.69) is 25.8 Å². The third-order valence-electron chi connectivity index (χ3n) is 5.08. The second kappa shape index (κ2) is 9.10. The third-order valence-corrected chi connectivity index (χ3v) is 6.83. The first-order valence-electron chi connectivity index (χ1n) is 10.3. The van der Waals surface area contributed by atoms with Crippen LogP contribution in [0.25, 0.3) is 11.4 Å². The number of benzene rings is 1. The molecule has 33 heavy (non-hydrogen) atoms. The number of amides is 1. The van der Waals surface area contributed by atoms with Crippen LogP contribution in [0, 0.1) is 13.8 Å². The largest absolute Gasteiger partial charge is 0.454 e. The molecular weight excluding hydrogens is 450 g/mol. The lowest BCUT2D eigenvalue weighted by Crippen LogP contribution is -2.25. The monoisotopic (exact) mass is 473 g/mol. The zero-order chi connectivity index (χ0) is 23.6. The molecule has 1 N–H and O–H groups in total. The summed E-state index contributed by atoms with van der Waals surface area (Å²) in [6.45, 7) is 2.88. The molecule has 0 aliphatic carbocycles. The Kier molecular flexibility index (Phi) is 6.22. The second-order valence-corrected chi connectivity index (χ2v) is 10.1. The van der Waals surface area contributed by atoms with Crippen molar-refractivity contribution in [3.8, 4) is 11.4 Å². The Morgan fingerprint density at radius 2 is 1.94 bits per heavy atom. The number of hydrogen-bond donors (Lipinski definition) is 1. The first-order valence-corrected chi connectivity index (χ1v) is 12.1. The summed E-state index contributed by atoms with van der Waals surface area (Å²) in [5.74, 6) is -0.485. The van der Waals surface area contributed by atoms with Gasteiger partial charge in [-0.15, -0.1) is 10.2 Å². The first-order chi connectivity index (χ1) is 15.7. The lowest BCUT2D eigenvalue weighted by molar-refractivity contribution is -0.148. The summed E-state index contributed by atoms with van der Waals surface area (Å²) in [5.41, 5.74) is 2.49. The summed E-state index contributed by atoms with van der Waals surface area (Å²) < 4.78 is 30.1. The van der Waals surface area contributed by atoms with Crippen LogP contribution in [0.4, 0.5) is 5.82 Å². The normalized spacial score (nSPS) is 17.1. The van der Waals surface area contributed by atoms with Gasteiger partial charge in [-0.3, -0.25) is 4.79 Å². The minimum absolute atomic E-state index is 0.0263. The maximum absolute atomic E-state index is 12.3. The van der Waals surface area contributed by atoms with E-state index >= 15 is 0 Å². The van der Waals surface area contributed by atoms with Crippen LogP contribution < -0.4 is 5.32 Å². The van der Waals surface area contributed by atoms with E-state index in [-0.39, 0.29) is 24.1 Å². The molecule has 4 rings (SSSR count). The maximum atomic E-state index is 12.3. The number of sulfone groups is 1. The molecule has 1 saturated heterocycles. The minimum atomic E-state index is -3.11. The lowest BCUT2D eigenvalue weighted by atomic mass is 10.1. The molecular formula is C20H23N7O5S. The number of aryl methyl sites for hydroxylation is 2. The van der Waals surface area contributed by atoms with Gasteiger partial charge in [-0.2, -0.15) is 9.90 Å². The van der Waals surface area contributed by atoms with E-state index in [0.29, 0.717) is 23.8 Å². The van der Waals surface area contributed by atoms with E-state index in [9.17, 15) is 18.0 Å². The predicted molar refractivity (Wildman–Crippen MR) is 117 cm³/mol. The van der Waals surface area contributed by atoms with Gasteiger partial charge in [0.05, 0.1) is 23.2 Å². The highest BCUT2D eigenvalue weighted by molar-refractivity contribution is 7.91. The summed E-state index contributed by atoms with van der Waals surface area (Å²) in [6, 6.07) is 8.84. The molecule has 3 heterocycles. The number of tetrazole rings is 1. The molecule has 0 spiro atoms. The molecule has 2 aromatic heterocycles. The van der Waals surface area contributed by atoms with E-state index < -0.39 is 28.3 Å². The van der Waals surface area contributed by atoms with Gasteiger partial charge in [-0.05, 0) is 25.5 Å². The third kappa shape index (κ3) is 5.61. The van der Waals surface area contributed by atoms with Crippen molar-refractivity contribution >= 4 is 27.5 Å². The maximum Gasteiger partial charge on any atom is 0.330 e. The predicted octanol–water partition coefficient (Wildman–Crippen LogP) is 0.695. The molecule has 174 valence electrons. The van der Waals surface area contributed by atoms with Crippen LogP contribution >= 0.6 is 0 Å². The Hall–Kier alpha value is -3.61. The van der Waals surface area contributed by atoms with Gasteiger partial charge in [0, 0.05) is 11.6 Å². The van der Waals surface area contributed by atoms with Gasteiger partial charge in [-0.25, -0.2) is 17.9 Å². The van der Waals surface area contributed by atoms with E-state index in [4.69, 9.17) is 4.74 Å². The van der Waals surface area contributed by atoms with E-state index in [1.165, 1.54) is 4.68 Å². The number of carbonyl (C=O) groups is 2. The fourth-order valence-electron chi connectivity index (χ4n) is 3.47. The highest BCUT2D eigenvalue weighted by Gasteiger charge is 2.31. The van der Waals surface area contributed by atoms with Crippen LogP contribution in [0.3, 0.4) is 0 Å². The van der Waals surface area contributed by atoms with E-state index in [1.54, 1.807) is 13.0 Å². The Labute approximate surface area is 189 Å². The fourth-order valence-corrected chi connectivity index (χ4v) is 5.16. The van der Waals surface area contributed by atoms with Gasteiger partial charge in [0.1, 0.15) is 5.82 Å². The van der Waals surface area contributed by atoms with E-state index in [1.807, 2.05) is 31.2 Å². The molecule has 1 aliphatic heterocycles. The highest BCUT2D eigenvalue weighted by Crippen LogP contribution is 2.27. The average molecular weight is 474 g/mol. The topological polar surface area (TPSA) is 151 Å². The molecule has 13 heteroatoms. The number of ether oxygens (including phenoxy) is 1. The number of anilines is 1. The van der Waals surface area contributed by atoms with Crippen LogP contribution in [-0.4, -0.2) is 68.4 Å². The Morgan fingerprint density at radius 3 is 2.64 bits per heavy atom. The van der Waals surface area contributed by atoms with Crippen LogP contribution in [-0.2, 0) is 30.7 Å². The molecule has 1 unspecified atom stereocenters. The Bertz CT molecular complexity index is 1280. The number of nitrogens with zero attached hydrogens (tertiary/aromatic N) is 6. The Morgan fingerprint density at radius 1 is 1.18 bits per heavy atom. The summed E-state index contributed by atoms with van der Waals surface area (Å²) in [5, 5.41) is 18.8. The zero-order valence-corrected chi connectivity index (χ0v) is 18.9. The molecule has 0 saturated carbocycles. The zero-order valence-electron chi connectivity index (χ0n) is 18.1.